The van der Waals surface area contributed by atoms with Gasteiger partial charge in [0.2, 0.25) is 5.91 Å². The number of nitrogens with zero attached hydrogens (tertiary/aromatic N) is 1. The monoisotopic (exact) mass is 191 g/mol. The maximum atomic E-state index is 11.8. The normalized spacial score (nSPS) is 36.2. The number of likely N-dealkylation sites (tertiary alicyclic amines) is 1. The second-order valence-corrected chi connectivity index (χ2v) is 3.48. The average Bonchev–Trinajstić information content (AvgIpc) is 2.20. The third-order valence-corrected chi connectivity index (χ3v) is 1.12. The van der Waals surface area contributed by atoms with E-state index in [0.717, 1.165) is 0 Å². The fourth-order valence-electron chi connectivity index (χ4n) is 0.680. The van der Waals surface area contributed by atoms with Crippen LogP contribution in [0, 0.1) is 0 Å². The fraction of sp³-hybridized carbons (Fsp3) is 0.778. The van der Waals surface area contributed by atoms with Gasteiger partial charge in [-0.05, 0) is 27.1 Å². The Kier molecular flexibility index (Phi) is 1.15. The highest BCUT2D eigenvalue weighted by atomic mass is 16.6. The Morgan fingerprint density at radius 2 is 2.23 bits per heavy atom. The van der Waals surface area contributed by atoms with Gasteiger partial charge in [0.05, 0.1) is 2.74 Å². The highest BCUT2D eigenvalue weighted by Crippen LogP contribution is 2.15. The molecule has 0 aromatic rings. The molecule has 0 atom stereocenters. The molecule has 1 saturated heterocycles. The van der Waals surface area contributed by atoms with Crippen LogP contribution >= 0.6 is 0 Å². The first-order valence-corrected chi connectivity index (χ1v) is 3.74. The van der Waals surface area contributed by atoms with Crippen molar-refractivity contribution in [3.63, 3.8) is 0 Å². The minimum atomic E-state index is -3.17. The summed E-state index contributed by atoms with van der Waals surface area (Å²) in [6.45, 7) is 1.34. The van der Waals surface area contributed by atoms with Gasteiger partial charge in [-0.15, -0.1) is 0 Å². The summed E-state index contributed by atoms with van der Waals surface area (Å²) in [5.74, 6) is -1.59. The lowest BCUT2D eigenvalue weighted by Gasteiger charge is -2.23. The zero-order valence-electron chi connectivity index (χ0n) is 13.7. The van der Waals surface area contributed by atoms with Crippen LogP contribution in [0.1, 0.15) is 41.7 Å². The zero-order valence-corrected chi connectivity index (χ0v) is 7.67. The molecule has 1 fully saturated rings. The Morgan fingerprint density at radius 3 is 2.62 bits per heavy atom. The van der Waals surface area contributed by atoms with Crippen LogP contribution in [-0.2, 0) is 9.53 Å². The molecule has 4 heteroatoms. The van der Waals surface area contributed by atoms with Gasteiger partial charge >= 0.3 is 6.09 Å². The third kappa shape index (κ3) is 2.72. The van der Waals surface area contributed by atoms with Crippen molar-refractivity contribution in [2.24, 2.45) is 0 Å². The Hall–Kier alpha value is -1.06. The van der Waals surface area contributed by atoms with Crippen LogP contribution in [0.15, 0.2) is 0 Å². The lowest BCUT2D eigenvalue weighted by Crippen LogP contribution is -2.37. The minimum absolute atomic E-state index is 0.127. The quantitative estimate of drug-likeness (QED) is 0.583. The van der Waals surface area contributed by atoms with Gasteiger partial charge in [-0.25, -0.2) is 9.69 Å². The Labute approximate surface area is 86.3 Å². The van der Waals surface area contributed by atoms with E-state index in [2.05, 4.69) is 0 Å². The van der Waals surface area contributed by atoms with Crippen LogP contribution in [0.25, 0.3) is 0 Å². The van der Waals surface area contributed by atoms with E-state index < -0.39 is 36.8 Å². The van der Waals surface area contributed by atoms with Gasteiger partial charge in [-0.1, -0.05) is 0 Å². The summed E-state index contributed by atoms with van der Waals surface area (Å²) in [5, 5.41) is 0. The molecule has 1 aliphatic rings. The van der Waals surface area contributed by atoms with Crippen LogP contribution in [-0.4, -0.2) is 29.0 Å². The van der Waals surface area contributed by atoms with Crippen LogP contribution in [0.5, 0.6) is 0 Å². The number of carbonyl (C=O) groups is 2. The summed E-state index contributed by atoms with van der Waals surface area (Å²) in [5.41, 5.74) is -1.02. The van der Waals surface area contributed by atoms with Gasteiger partial charge in [-0.2, -0.15) is 0 Å². The predicted octanol–water partition coefficient (Wildman–Crippen LogP) is 1.54. The van der Waals surface area contributed by atoms with Crippen molar-refractivity contribution in [3.8, 4) is 0 Å². The molecule has 0 spiro atoms. The van der Waals surface area contributed by atoms with Gasteiger partial charge in [0, 0.05) is 18.4 Å². The molecule has 0 bridgehead atoms. The average molecular weight is 191 g/mol. The van der Waals surface area contributed by atoms with E-state index in [1.54, 1.807) is 0 Å². The van der Waals surface area contributed by atoms with E-state index in [-0.39, 0.29) is 4.90 Å². The topological polar surface area (TPSA) is 46.6 Å². The molecule has 0 aromatic heterocycles. The van der Waals surface area contributed by atoms with E-state index >= 15 is 0 Å². The summed E-state index contributed by atoms with van der Waals surface area (Å²) in [6, 6.07) is 0. The summed E-state index contributed by atoms with van der Waals surface area (Å²) >= 11 is 0. The number of hydrogen-bond acceptors (Lipinski definition) is 3. The van der Waals surface area contributed by atoms with Gasteiger partial charge in [-0.3, -0.25) is 4.79 Å². The van der Waals surface area contributed by atoms with Crippen molar-refractivity contribution in [1.29, 1.82) is 0 Å². The van der Waals surface area contributed by atoms with E-state index in [1.807, 2.05) is 0 Å². The van der Waals surface area contributed by atoms with E-state index in [4.69, 9.17) is 13.0 Å². The first kappa shape index (κ1) is 4.44. The third-order valence-electron chi connectivity index (χ3n) is 1.12. The van der Waals surface area contributed by atoms with Crippen molar-refractivity contribution < 1.29 is 22.6 Å². The Bertz CT molecular complexity index is 428. The molecule has 1 heterocycles. The van der Waals surface area contributed by atoms with Crippen molar-refractivity contribution in [2.75, 3.05) is 6.50 Å². The van der Waals surface area contributed by atoms with Gasteiger partial charge in [0.25, 0.3) is 0 Å². The molecule has 0 aliphatic carbocycles. The van der Waals surface area contributed by atoms with Crippen LogP contribution < -0.4 is 0 Å². The number of ether oxygens (including phenoxy) is 1. The highest BCUT2D eigenvalue weighted by Gasteiger charge is 2.30. The Balaban J connectivity index is 3.23. The molecule has 0 radical (unpaired) electrons. The van der Waals surface area contributed by atoms with E-state index in [1.165, 1.54) is 20.8 Å². The number of hydrogen-bond donors (Lipinski definition) is 0. The smallest absolute Gasteiger partial charge is 0.417 e. The standard InChI is InChI=1S/C9H15NO3/c1-9(2,3)13-8(12)10-6-4-5-7(10)11/h4-6H2,1-3H3/i4D2,5D2,6D2. The number of amides is 2. The Morgan fingerprint density at radius 1 is 1.62 bits per heavy atom. The van der Waals surface area contributed by atoms with Crippen molar-refractivity contribution in [1.82, 2.24) is 4.90 Å². The molecule has 0 N–H and O–H groups in total. The molecule has 0 unspecified atom stereocenters. The molecular weight excluding hydrogens is 170 g/mol. The molecule has 2 amide bonds. The van der Waals surface area contributed by atoms with Crippen LogP contribution in [0.3, 0.4) is 0 Å². The SMILES string of the molecule is [2H]C1([2H])C(=O)N(C(=O)OC(C)(C)C)C([2H])([2H])C1([2H])[2H]. The van der Waals surface area contributed by atoms with Crippen molar-refractivity contribution in [3.05, 3.63) is 0 Å². The highest BCUT2D eigenvalue weighted by molar-refractivity contribution is 5.93. The van der Waals surface area contributed by atoms with E-state index in [9.17, 15) is 9.59 Å². The summed E-state index contributed by atoms with van der Waals surface area (Å²) in [6.07, 6.45) is -7.73. The molecule has 74 valence electrons. The van der Waals surface area contributed by atoms with Crippen LogP contribution in [0.4, 0.5) is 4.79 Å². The van der Waals surface area contributed by atoms with Crippen LogP contribution in [0.2, 0.25) is 0 Å². The number of imide groups is 1. The van der Waals surface area contributed by atoms with Crippen molar-refractivity contribution >= 4 is 12.0 Å². The second kappa shape index (κ2) is 3.36. The lowest BCUT2D eigenvalue weighted by molar-refractivity contribution is -0.126. The van der Waals surface area contributed by atoms with E-state index in [0.29, 0.717) is 0 Å². The molecule has 0 aromatic carbocycles. The van der Waals surface area contributed by atoms with Gasteiger partial charge in [0.1, 0.15) is 5.60 Å². The molecular formula is C9H15NO3. The summed E-state index contributed by atoms with van der Waals surface area (Å²) in [4.78, 5) is 23.4. The van der Waals surface area contributed by atoms with Gasteiger partial charge < -0.3 is 4.74 Å². The van der Waals surface area contributed by atoms with Gasteiger partial charge in [0.15, 0.2) is 0 Å². The zero-order chi connectivity index (χ0) is 15.4. The maximum Gasteiger partial charge on any atom is 0.417 e. The van der Waals surface area contributed by atoms with Crippen molar-refractivity contribution in [2.45, 2.75) is 39.1 Å². The minimum Gasteiger partial charge on any atom is -0.443 e. The summed E-state index contributed by atoms with van der Waals surface area (Å²) in [7, 11) is 0. The maximum absolute atomic E-state index is 11.8. The number of rotatable bonds is 0. The predicted molar refractivity (Wildman–Crippen MR) is 47.2 cm³/mol. The largest absolute Gasteiger partial charge is 0.443 e. The first-order chi connectivity index (χ1) is 8.16. The molecule has 13 heavy (non-hydrogen) atoms. The first-order valence-electron chi connectivity index (χ1n) is 6.74. The molecule has 1 aliphatic heterocycles. The molecule has 0 saturated carbocycles. The number of carbonyl (C=O) groups excluding carboxylic acids is 2. The second-order valence-electron chi connectivity index (χ2n) is 3.48. The molecule has 1 rings (SSSR count). The lowest BCUT2D eigenvalue weighted by atomic mass is 10.2. The molecule has 4 nitrogen and oxygen atoms in total. The fourth-order valence-corrected chi connectivity index (χ4v) is 0.680. The summed E-state index contributed by atoms with van der Waals surface area (Å²) < 4.78 is 49.4.